The SMILES string of the molecule is CCOC(=O)C1=C(C)N=c2s/c(=C\c3ccc(-c4ccc(Cl)cc4Cl)o3)c(=O)n2[C@H]1c1ccc(OC(C)=O)cc1. The van der Waals surface area contributed by atoms with Gasteiger partial charge in [-0.3, -0.25) is 14.2 Å². The van der Waals surface area contributed by atoms with Crippen LogP contribution in [0.1, 0.15) is 38.1 Å². The number of rotatable bonds is 6. The average molecular weight is 597 g/mol. The Kier molecular flexibility index (Phi) is 7.80. The van der Waals surface area contributed by atoms with Crippen LogP contribution in [0, 0.1) is 0 Å². The van der Waals surface area contributed by atoms with E-state index >= 15 is 0 Å². The lowest BCUT2D eigenvalue weighted by Gasteiger charge is -2.24. The molecule has 0 saturated heterocycles. The topological polar surface area (TPSA) is 100 Å². The number of aromatic nitrogens is 1. The van der Waals surface area contributed by atoms with E-state index in [4.69, 9.17) is 37.1 Å². The fourth-order valence-corrected chi connectivity index (χ4v) is 5.91. The molecule has 1 aliphatic rings. The van der Waals surface area contributed by atoms with Gasteiger partial charge in [0.15, 0.2) is 4.80 Å². The van der Waals surface area contributed by atoms with E-state index in [9.17, 15) is 14.4 Å². The molecule has 4 aromatic rings. The molecule has 1 aliphatic heterocycles. The maximum absolute atomic E-state index is 13.8. The fraction of sp³-hybridized carbons (Fsp3) is 0.172. The number of thiazole rings is 1. The van der Waals surface area contributed by atoms with E-state index in [1.54, 1.807) is 74.5 Å². The minimum Gasteiger partial charge on any atom is -0.463 e. The second kappa shape index (κ2) is 11.3. The Bertz CT molecular complexity index is 1850. The molecule has 0 N–H and O–H groups in total. The Morgan fingerprint density at radius 3 is 2.55 bits per heavy atom. The maximum Gasteiger partial charge on any atom is 0.338 e. The van der Waals surface area contributed by atoms with Crippen molar-refractivity contribution in [3.63, 3.8) is 0 Å². The molecule has 1 atom stereocenters. The lowest BCUT2D eigenvalue weighted by atomic mass is 9.96. The van der Waals surface area contributed by atoms with Crippen molar-refractivity contribution in [1.82, 2.24) is 4.57 Å². The summed E-state index contributed by atoms with van der Waals surface area (Å²) in [6, 6.07) is 14.4. The van der Waals surface area contributed by atoms with Crippen LogP contribution in [0.25, 0.3) is 17.4 Å². The molecule has 204 valence electrons. The number of halogens is 2. The highest BCUT2D eigenvalue weighted by Gasteiger charge is 2.33. The molecule has 5 rings (SSSR count). The third-order valence-corrected chi connectivity index (χ3v) is 7.60. The van der Waals surface area contributed by atoms with E-state index in [1.165, 1.54) is 22.8 Å². The van der Waals surface area contributed by atoms with Crippen molar-refractivity contribution in [2.75, 3.05) is 6.61 Å². The molecule has 0 amide bonds. The molecule has 0 saturated carbocycles. The molecule has 0 unspecified atom stereocenters. The Morgan fingerprint density at radius 2 is 1.88 bits per heavy atom. The molecule has 0 aliphatic carbocycles. The van der Waals surface area contributed by atoms with Gasteiger partial charge in [0.05, 0.1) is 33.5 Å². The zero-order valence-electron chi connectivity index (χ0n) is 21.6. The smallest absolute Gasteiger partial charge is 0.338 e. The lowest BCUT2D eigenvalue weighted by Crippen LogP contribution is -2.39. The van der Waals surface area contributed by atoms with Crippen molar-refractivity contribution in [2.24, 2.45) is 4.99 Å². The molecule has 2 aromatic carbocycles. The van der Waals surface area contributed by atoms with E-state index in [0.29, 0.717) is 53.5 Å². The molecule has 40 heavy (non-hydrogen) atoms. The Morgan fingerprint density at radius 1 is 1.12 bits per heavy atom. The fourth-order valence-electron chi connectivity index (χ4n) is 4.38. The van der Waals surface area contributed by atoms with Crippen LogP contribution in [0.4, 0.5) is 0 Å². The predicted octanol–water partition coefficient (Wildman–Crippen LogP) is 5.29. The van der Waals surface area contributed by atoms with Gasteiger partial charge in [-0.2, -0.15) is 0 Å². The standard InChI is InChI=1S/C29H22Cl2N2O6S/c1-4-37-28(36)25-15(2)32-29-33(26(25)17-5-8-19(9-6-17)38-16(3)34)27(35)24(40-29)14-20-10-12-23(39-20)21-11-7-18(30)13-22(21)31/h5-14,26H,4H2,1-3H3/b24-14-/t26-/m0/s1. The molecular weight excluding hydrogens is 575 g/mol. The van der Waals surface area contributed by atoms with Gasteiger partial charge in [0.25, 0.3) is 5.56 Å². The molecule has 0 fully saturated rings. The van der Waals surface area contributed by atoms with Crippen LogP contribution in [-0.2, 0) is 14.3 Å². The summed E-state index contributed by atoms with van der Waals surface area (Å²) in [6.45, 7) is 4.89. The van der Waals surface area contributed by atoms with E-state index < -0.39 is 18.0 Å². The molecule has 0 spiro atoms. The number of allylic oxidation sites excluding steroid dienone is 1. The summed E-state index contributed by atoms with van der Waals surface area (Å²) in [5.74, 6) is 0.281. The molecule has 3 heterocycles. The zero-order chi connectivity index (χ0) is 28.6. The van der Waals surface area contributed by atoms with Gasteiger partial charge in [-0.05, 0) is 61.9 Å². The van der Waals surface area contributed by atoms with Gasteiger partial charge >= 0.3 is 11.9 Å². The lowest BCUT2D eigenvalue weighted by molar-refractivity contribution is -0.139. The molecule has 8 nitrogen and oxygen atoms in total. The van der Waals surface area contributed by atoms with E-state index in [2.05, 4.69) is 4.99 Å². The summed E-state index contributed by atoms with van der Waals surface area (Å²) in [7, 11) is 0. The van der Waals surface area contributed by atoms with E-state index in [0.717, 1.165) is 0 Å². The Labute approximate surface area is 242 Å². The summed E-state index contributed by atoms with van der Waals surface area (Å²) >= 11 is 13.5. The van der Waals surface area contributed by atoms with Crippen LogP contribution in [0.3, 0.4) is 0 Å². The van der Waals surface area contributed by atoms with Gasteiger partial charge in [0.1, 0.15) is 17.3 Å². The zero-order valence-corrected chi connectivity index (χ0v) is 23.9. The number of furan rings is 1. The predicted molar refractivity (Wildman–Crippen MR) is 152 cm³/mol. The van der Waals surface area contributed by atoms with Gasteiger partial charge in [0.2, 0.25) is 0 Å². The van der Waals surface area contributed by atoms with E-state index in [-0.39, 0.29) is 17.7 Å². The largest absolute Gasteiger partial charge is 0.463 e. The number of hydrogen-bond donors (Lipinski definition) is 0. The third-order valence-electron chi connectivity index (χ3n) is 6.07. The normalized spacial score (nSPS) is 15.0. The van der Waals surface area contributed by atoms with Crippen molar-refractivity contribution < 1.29 is 23.5 Å². The van der Waals surface area contributed by atoms with Gasteiger partial charge in [-0.25, -0.2) is 9.79 Å². The van der Waals surface area contributed by atoms with Crippen LogP contribution >= 0.6 is 34.5 Å². The van der Waals surface area contributed by atoms with Crippen LogP contribution in [0.5, 0.6) is 5.75 Å². The number of hydrogen-bond acceptors (Lipinski definition) is 8. The second-order valence-electron chi connectivity index (χ2n) is 8.79. The number of nitrogens with zero attached hydrogens (tertiary/aromatic N) is 2. The number of carbonyl (C=O) groups is 2. The number of fused-ring (bicyclic) bond motifs is 1. The summed E-state index contributed by atoms with van der Waals surface area (Å²) in [5.41, 5.74) is 1.63. The van der Waals surface area contributed by atoms with Gasteiger partial charge < -0.3 is 13.9 Å². The quantitative estimate of drug-likeness (QED) is 0.221. The highest BCUT2D eigenvalue weighted by molar-refractivity contribution is 7.07. The highest BCUT2D eigenvalue weighted by Crippen LogP contribution is 2.33. The minimum absolute atomic E-state index is 0.163. The summed E-state index contributed by atoms with van der Waals surface area (Å²) in [6.07, 6.45) is 1.63. The molecule has 2 aromatic heterocycles. The van der Waals surface area contributed by atoms with Gasteiger partial charge in [-0.1, -0.05) is 46.7 Å². The monoisotopic (exact) mass is 596 g/mol. The second-order valence-corrected chi connectivity index (χ2v) is 10.6. The number of ether oxygens (including phenoxy) is 2. The summed E-state index contributed by atoms with van der Waals surface area (Å²) in [5, 5.41) is 0.948. The Hall–Kier alpha value is -3.92. The van der Waals surface area contributed by atoms with Crippen molar-refractivity contribution in [2.45, 2.75) is 26.8 Å². The van der Waals surface area contributed by atoms with Crippen molar-refractivity contribution in [3.05, 3.63) is 107 Å². The van der Waals surface area contributed by atoms with E-state index in [1.807, 2.05) is 0 Å². The number of benzene rings is 2. The molecular formula is C29H22Cl2N2O6S. The third kappa shape index (κ3) is 5.40. The van der Waals surface area contributed by atoms with Crippen LogP contribution in [0.2, 0.25) is 10.0 Å². The first-order chi connectivity index (χ1) is 19.2. The van der Waals surface area contributed by atoms with Crippen molar-refractivity contribution >= 4 is 52.6 Å². The Balaban J connectivity index is 1.61. The first-order valence-electron chi connectivity index (χ1n) is 12.2. The van der Waals surface area contributed by atoms with Crippen molar-refractivity contribution in [3.8, 4) is 17.1 Å². The average Bonchev–Trinajstić information content (AvgIpc) is 3.47. The van der Waals surface area contributed by atoms with Crippen LogP contribution in [0.15, 0.2) is 80.1 Å². The van der Waals surface area contributed by atoms with Gasteiger partial charge in [0, 0.05) is 23.6 Å². The highest BCUT2D eigenvalue weighted by atomic mass is 35.5. The first-order valence-corrected chi connectivity index (χ1v) is 13.8. The first kappa shape index (κ1) is 27.6. The van der Waals surface area contributed by atoms with Crippen LogP contribution in [-0.4, -0.2) is 23.1 Å². The maximum atomic E-state index is 13.8. The number of esters is 2. The molecule has 0 radical (unpaired) electrons. The summed E-state index contributed by atoms with van der Waals surface area (Å²) in [4.78, 5) is 43.2. The minimum atomic E-state index is -0.802. The molecule has 0 bridgehead atoms. The molecule has 11 heteroatoms. The summed E-state index contributed by atoms with van der Waals surface area (Å²) < 4.78 is 18.3. The number of carbonyl (C=O) groups excluding carboxylic acids is 2. The van der Waals surface area contributed by atoms with Crippen LogP contribution < -0.4 is 19.6 Å². The van der Waals surface area contributed by atoms with Gasteiger partial charge in [-0.15, -0.1) is 0 Å². The van der Waals surface area contributed by atoms with Crippen molar-refractivity contribution in [1.29, 1.82) is 0 Å².